The summed E-state index contributed by atoms with van der Waals surface area (Å²) in [6.07, 6.45) is 3.06. The number of benzene rings is 1. The highest BCUT2D eigenvalue weighted by Crippen LogP contribution is 2.35. The second-order valence-corrected chi connectivity index (χ2v) is 8.49. The Balaban J connectivity index is 1.67. The van der Waals surface area contributed by atoms with Gasteiger partial charge in [0.25, 0.3) is 5.91 Å². The molecule has 22 heavy (non-hydrogen) atoms. The minimum atomic E-state index is -3.29. The van der Waals surface area contributed by atoms with E-state index in [-0.39, 0.29) is 17.1 Å². The highest BCUT2D eigenvalue weighted by molar-refractivity contribution is 9.10. The Morgan fingerprint density at radius 3 is 2.73 bits per heavy atom. The van der Waals surface area contributed by atoms with Crippen LogP contribution in [0.4, 0.5) is 0 Å². The fourth-order valence-electron chi connectivity index (χ4n) is 3.24. The molecule has 6 nitrogen and oxygen atoms in total. The topological polar surface area (TPSA) is 87.3 Å². The summed E-state index contributed by atoms with van der Waals surface area (Å²) in [6, 6.07) is 7.08. The van der Waals surface area contributed by atoms with E-state index in [1.807, 2.05) is 6.07 Å². The second kappa shape index (κ2) is 6.27. The maximum Gasteiger partial charge on any atom is 0.266 e. The van der Waals surface area contributed by atoms with Crippen molar-refractivity contribution in [3.8, 4) is 0 Å². The van der Waals surface area contributed by atoms with Crippen LogP contribution in [0.25, 0.3) is 0 Å². The Hall–Kier alpha value is -0.960. The van der Waals surface area contributed by atoms with E-state index >= 15 is 0 Å². The van der Waals surface area contributed by atoms with E-state index < -0.39 is 16.2 Å². The van der Waals surface area contributed by atoms with Crippen molar-refractivity contribution in [2.75, 3.05) is 0 Å². The van der Waals surface area contributed by atoms with Gasteiger partial charge in [0.05, 0.1) is 17.0 Å². The molecule has 1 heterocycles. The van der Waals surface area contributed by atoms with Crippen LogP contribution in [0.15, 0.2) is 28.7 Å². The number of hydrogen-bond acceptors (Lipinski definition) is 4. The first kappa shape index (κ1) is 15.9. The number of halogens is 1. The van der Waals surface area contributed by atoms with Gasteiger partial charge in [0.15, 0.2) is 0 Å². The average molecular weight is 388 g/mol. The van der Waals surface area contributed by atoms with Crippen molar-refractivity contribution in [2.24, 2.45) is 5.92 Å². The first-order chi connectivity index (χ1) is 10.5. The molecule has 1 aromatic carbocycles. The smallest absolute Gasteiger partial charge is 0.266 e. The van der Waals surface area contributed by atoms with Gasteiger partial charge in [0.2, 0.25) is 10.0 Å². The molecule has 2 aliphatic rings. The van der Waals surface area contributed by atoms with Gasteiger partial charge < -0.3 is 0 Å². The number of rotatable bonds is 3. The van der Waals surface area contributed by atoms with Crippen LogP contribution in [-0.4, -0.2) is 25.7 Å². The molecule has 120 valence electrons. The number of carbonyl (C=O) groups is 1. The van der Waals surface area contributed by atoms with Crippen molar-refractivity contribution in [1.29, 1.82) is 0 Å². The number of amides is 1. The summed E-state index contributed by atoms with van der Waals surface area (Å²) in [6.45, 7) is 0. The molecule has 3 unspecified atom stereocenters. The third kappa shape index (κ3) is 3.05. The molecule has 1 aromatic rings. The van der Waals surface area contributed by atoms with Gasteiger partial charge in [0.1, 0.15) is 0 Å². The van der Waals surface area contributed by atoms with Crippen LogP contribution >= 0.6 is 15.9 Å². The molecule has 2 fully saturated rings. The summed E-state index contributed by atoms with van der Waals surface area (Å²) in [4.78, 5) is 12.2. The van der Waals surface area contributed by atoms with Crippen LogP contribution < -0.4 is 15.6 Å². The largest absolute Gasteiger partial charge is 0.286 e. The molecule has 1 aliphatic carbocycles. The van der Waals surface area contributed by atoms with Gasteiger partial charge in [-0.2, -0.15) is 4.72 Å². The Labute approximate surface area is 138 Å². The van der Waals surface area contributed by atoms with Crippen LogP contribution in [0.3, 0.4) is 0 Å². The highest BCUT2D eigenvalue weighted by atomic mass is 79.9. The van der Waals surface area contributed by atoms with Crippen molar-refractivity contribution in [1.82, 2.24) is 15.6 Å². The minimum Gasteiger partial charge on any atom is -0.286 e. The number of nitrogens with one attached hydrogen (secondary N) is 3. The van der Waals surface area contributed by atoms with E-state index in [1.165, 1.54) is 0 Å². The standard InChI is InChI=1S/C14H18BrN3O3S/c15-11-7-3-1-5-9(11)14(19)17-16-13-10-6-2-4-8-12(10)22(20,21)18-13/h1,3,5,7,10,12-13,16,18H,2,4,6,8H2,(H,17,19). The van der Waals surface area contributed by atoms with Crippen LogP contribution in [0.1, 0.15) is 36.0 Å². The van der Waals surface area contributed by atoms with Crippen molar-refractivity contribution in [2.45, 2.75) is 37.1 Å². The predicted molar refractivity (Wildman–Crippen MR) is 86.3 cm³/mol. The summed E-state index contributed by atoms with van der Waals surface area (Å²) in [5.41, 5.74) is 5.95. The number of carbonyl (C=O) groups excluding carboxylic acids is 1. The minimum absolute atomic E-state index is 0.00161. The molecule has 8 heteroatoms. The third-order valence-electron chi connectivity index (χ3n) is 4.33. The van der Waals surface area contributed by atoms with Gasteiger partial charge in [-0.05, 0) is 40.9 Å². The zero-order chi connectivity index (χ0) is 15.7. The fourth-order valence-corrected chi connectivity index (χ4v) is 5.69. The van der Waals surface area contributed by atoms with Crippen LogP contribution in [-0.2, 0) is 10.0 Å². The van der Waals surface area contributed by atoms with Crippen LogP contribution in [0.2, 0.25) is 0 Å². The molecule has 1 saturated heterocycles. The molecule has 0 aromatic heterocycles. The van der Waals surface area contributed by atoms with Gasteiger partial charge in [-0.1, -0.05) is 25.0 Å². The quantitative estimate of drug-likeness (QED) is 0.685. The molecule has 0 radical (unpaired) electrons. The molecular formula is C14H18BrN3O3S. The summed E-state index contributed by atoms with van der Waals surface area (Å²) in [7, 11) is -3.29. The summed E-state index contributed by atoms with van der Waals surface area (Å²) < 4.78 is 27.5. The van der Waals surface area contributed by atoms with Gasteiger partial charge in [-0.3, -0.25) is 10.2 Å². The molecule has 1 aliphatic heterocycles. The summed E-state index contributed by atoms with van der Waals surface area (Å²) in [5.74, 6) is -0.302. The van der Waals surface area contributed by atoms with Crippen LogP contribution in [0.5, 0.6) is 0 Å². The zero-order valence-corrected chi connectivity index (χ0v) is 14.3. The lowest BCUT2D eigenvalue weighted by molar-refractivity contribution is 0.0913. The number of fused-ring (bicyclic) bond motifs is 1. The van der Waals surface area contributed by atoms with E-state index in [0.29, 0.717) is 16.5 Å². The molecule has 0 spiro atoms. The molecule has 1 amide bonds. The van der Waals surface area contributed by atoms with Crippen molar-refractivity contribution >= 4 is 31.9 Å². The number of sulfonamides is 1. The Morgan fingerprint density at radius 1 is 1.23 bits per heavy atom. The fraction of sp³-hybridized carbons (Fsp3) is 0.500. The van der Waals surface area contributed by atoms with E-state index in [9.17, 15) is 13.2 Å². The average Bonchev–Trinajstić information content (AvgIpc) is 2.77. The lowest BCUT2D eigenvalue weighted by Crippen LogP contribution is -2.52. The number of hydrogen-bond donors (Lipinski definition) is 3. The maximum atomic E-state index is 12.2. The van der Waals surface area contributed by atoms with Gasteiger partial charge >= 0.3 is 0 Å². The van der Waals surface area contributed by atoms with E-state index in [1.54, 1.807) is 18.2 Å². The van der Waals surface area contributed by atoms with Gasteiger partial charge in [-0.25, -0.2) is 13.8 Å². The predicted octanol–water partition coefficient (Wildman–Crippen LogP) is 1.50. The third-order valence-corrected chi connectivity index (χ3v) is 6.99. The van der Waals surface area contributed by atoms with Gasteiger partial charge in [0, 0.05) is 10.4 Å². The molecule has 3 rings (SSSR count). The monoisotopic (exact) mass is 387 g/mol. The Morgan fingerprint density at radius 2 is 1.95 bits per heavy atom. The number of hydrazine groups is 1. The molecule has 1 saturated carbocycles. The van der Waals surface area contributed by atoms with Crippen molar-refractivity contribution in [3.63, 3.8) is 0 Å². The van der Waals surface area contributed by atoms with E-state index in [2.05, 4.69) is 31.5 Å². The zero-order valence-electron chi connectivity index (χ0n) is 11.9. The molecule has 3 atom stereocenters. The van der Waals surface area contributed by atoms with E-state index in [4.69, 9.17) is 0 Å². The maximum absolute atomic E-state index is 12.2. The van der Waals surface area contributed by atoms with Crippen molar-refractivity contribution in [3.05, 3.63) is 34.3 Å². The lowest BCUT2D eigenvalue weighted by atomic mass is 9.87. The SMILES string of the molecule is O=C(NNC1NS(=O)(=O)C2CCCCC12)c1ccccc1Br. The normalized spacial score (nSPS) is 29.8. The van der Waals surface area contributed by atoms with Crippen molar-refractivity contribution < 1.29 is 13.2 Å². The van der Waals surface area contributed by atoms with E-state index in [0.717, 1.165) is 19.3 Å². The van der Waals surface area contributed by atoms with Gasteiger partial charge in [-0.15, -0.1) is 0 Å². The molecule has 0 bridgehead atoms. The first-order valence-electron chi connectivity index (χ1n) is 7.30. The molecule has 3 N–H and O–H groups in total. The lowest BCUT2D eigenvalue weighted by Gasteiger charge is -2.26. The first-order valence-corrected chi connectivity index (χ1v) is 9.64. The summed E-state index contributed by atoms with van der Waals surface area (Å²) in [5, 5.41) is -0.348. The van der Waals surface area contributed by atoms with Crippen LogP contribution in [0, 0.1) is 5.92 Å². The second-order valence-electron chi connectivity index (χ2n) is 5.71. The Bertz CT molecular complexity index is 680. The summed E-state index contributed by atoms with van der Waals surface area (Å²) >= 11 is 3.32. The molecular weight excluding hydrogens is 370 g/mol. The Kier molecular flexibility index (Phi) is 4.54. The highest BCUT2D eigenvalue weighted by Gasteiger charge is 2.47.